The minimum absolute atomic E-state index is 0.285. The Morgan fingerprint density at radius 1 is 1.22 bits per heavy atom. The van der Waals surface area contributed by atoms with Crippen LogP contribution in [-0.2, 0) is 0 Å². The molecular weight excluding hydrogens is 228 g/mol. The van der Waals surface area contributed by atoms with E-state index in [0.717, 1.165) is 37.3 Å². The average molecular weight is 244 g/mol. The van der Waals surface area contributed by atoms with Crippen molar-refractivity contribution < 1.29 is 9.15 Å². The lowest BCUT2D eigenvalue weighted by molar-refractivity contribution is 0.156. The van der Waals surface area contributed by atoms with Crippen molar-refractivity contribution in [2.24, 2.45) is 0 Å². The number of rotatable bonds is 3. The maximum atomic E-state index is 5.85. The molecule has 0 radical (unpaired) electrons. The van der Waals surface area contributed by atoms with E-state index in [2.05, 4.69) is 10.3 Å². The molecule has 1 fully saturated rings. The highest BCUT2D eigenvalue weighted by Gasteiger charge is 2.14. The fraction of sp³-hybridized carbons (Fsp3) is 0.357. The van der Waals surface area contributed by atoms with Gasteiger partial charge in [0.1, 0.15) is 11.9 Å². The molecule has 0 saturated carbocycles. The van der Waals surface area contributed by atoms with Crippen LogP contribution < -0.4 is 10.1 Å². The normalized spacial score (nSPS) is 16.7. The number of nitrogens with zero attached hydrogens (tertiary/aromatic N) is 1. The standard InChI is InChI=1S/C14H16N2O2/c1-2-13(17-9-1)11-3-4-14(16-10-11)18-12-5-7-15-8-6-12/h1-4,9-10,12,15H,5-8H2. The van der Waals surface area contributed by atoms with Crippen LogP contribution in [0.4, 0.5) is 0 Å². The summed E-state index contributed by atoms with van der Waals surface area (Å²) in [5.74, 6) is 1.52. The first-order valence-corrected chi connectivity index (χ1v) is 6.29. The molecule has 0 unspecified atom stereocenters. The Labute approximate surface area is 106 Å². The minimum Gasteiger partial charge on any atom is -0.474 e. The molecule has 0 atom stereocenters. The quantitative estimate of drug-likeness (QED) is 0.901. The third-order valence-electron chi connectivity index (χ3n) is 3.12. The van der Waals surface area contributed by atoms with Gasteiger partial charge in [-0.05, 0) is 44.1 Å². The molecule has 1 saturated heterocycles. The van der Waals surface area contributed by atoms with Crippen LogP contribution in [0.3, 0.4) is 0 Å². The van der Waals surface area contributed by atoms with E-state index in [0.29, 0.717) is 5.88 Å². The van der Waals surface area contributed by atoms with Crippen molar-refractivity contribution in [3.05, 3.63) is 36.7 Å². The molecule has 0 amide bonds. The molecule has 1 aliphatic rings. The molecule has 94 valence electrons. The minimum atomic E-state index is 0.285. The smallest absolute Gasteiger partial charge is 0.213 e. The van der Waals surface area contributed by atoms with E-state index in [1.807, 2.05) is 24.3 Å². The molecule has 4 heteroatoms. The molecule has 0 bridgehead atoms. The van der Waals surface area contributed by atoms with Crippen molar-refractivity contribution in [3.8, 4) is 17.2 Å². The van der Waals surface area contributed by atoms with E-state index in [9.17, 15) is 0 Å². The van der Waals surface area contributed by atoms with Gasteiger partial charge in [-0.25, -0.2) is 4.98 Å². The molecule has 1 aliphatic heterocycles. The van der Waals surface area contributed by atoms with Gasteiger partial charge in [-0.3, -0.25) is 0 Å². The van der Waals surface area contributed by atoms with Crippen molar-refractivity contribution in [2.45, 2.75) is 18.9 Å². The zero-order valence-corrected chi connectivity index (χ0v) is 10.1. The predicted molar refractivity (Wildman–Crippen MR) is 68.5 cm³/mol. The topological polar surface area (TPSA) is 47.3 Å². The fourth-order valence-corrected chi connectivity index (χ4v) is 2.12. The third-order valence-corrected chi connectivity index (χ3v) is 3.12. The lowest BCUT2D eigenvalue weighted by Crippen LogP contribution is -2.34. The predicted octanol–water partition coefficient (Wildman–Crippen LogP) is 2.47. The Bertz CT molecular complexity index is 473. The fourth-order valence-electron chi connectivity index (χ4n) is 2.12. The summed E-state index contributed by atoms with van der Waals surface area (Å²) < 4.78 is 11.2. The average Bonchev–Trinajstić information content (AvgIpc) is 2.95. The zero-order valence-electron chi connectivity index (χ0n) is 10.1. The van der Waals surface area contributed by atoms with Crippen LogP contribution in [0, 0.1) is 0 Å². The van der Waals surface area contributed by atoms with Crippen molar-refractivity contribution in [2.75, 3.05) is 13.1 Å². The van der Waals surface area contributed by atoms with Crippen LogP contribution in [0.5, 0.6) is 5.88 Å². The Balaban J connectivity index is 1.67. The first kappa shape index (κ1) is 11.3. The lowest BCUT2D eigenvalue weighted by Gasteiger charge is -2.23. The maximum absolute atomic E-state index is 5.85. The first-order chi connectivity index (χ1) is 8.92. The molecule has 18 heavy (non-hydrogen) atoms. The third kappa shape index (κ3) is 2.54. The van der Waals surface area contributed by atoms with Gasteiger partial charge in [-0.1, -0.05) is 0 Å². The number of ether oxygens (including phenoxy) is 1. The zero-order chi connectivity index (χ0) is 12.2. The van der Waals surface area contributed by atoms with Crippen LogP contribution in [0.25, 0.3) is 11.3 Å². The van der Waals surface area contributed by atoms with Crippen LogP contribution in [-0.4, -0.2) is 24.2 Å². The lowest BCUT2D eigenvalue weighted by atomic mass is 10.1. The second kappa shape index (κ2) is 5.23. The van der Waals surface area contributed by atoms with Gasteiger partial charge in [0.2, 0.25) is 5.88 Å². The second-order valence-electron chi connectivity index (χ2n) is 4.43. The summed E-state index contributed by atoms with van der Waals surface area (Å²) in [6.45, 7) is 2.05. The Kier molecular flexibility index (Phi) is 3.28. The van der Waals surface area contributed by atoms with Gasteiger partial charge >= 0.3 is 0 Å². The Morgan fingerprint density at radius 3 is 2.78 bits per heavy atom. The van der Waals surface area contributed by atoms with E-state index in [4.69, 9.17) is 9.15 Å². The summed E-state index contributed by atoms with van der Waals surface area (Å²) in [5, 5.41) is 3.32. The number of pyridine rings is 1. The number of aromatic nitrogens is 1. The van der Waals surface area contributed by atoms with Crippen molar-refractivity contribution in [1.82, 2.24) is 10.3 Å². The van der Waals surface area contributed by atoms with E-state index >= 15 is 0 Å². The molecule has 2 aromatic heterocycles. The van der Waals surface area contributed by atoms with Crippen molar-refractivity contribution >= 4 is 0 Å². The molecule has 4 nitrogen and oxygen atoms in total. The van der Waals surface area contributed by atoms with Gasteiger partial charge in [0.05, 0.1) is 6.26 Å². The Morgan fingerprint density at radius 2 is 2.11 bits per heavy atom. The van der Waals surface area contributed by atoms with E-state index < -0.39 is 0 Å². The van der Waals surface area contributed by atoms with Crippen LogP contribution in [0.1, 0.15) is 12.8 Å². The maximum Gasteiger partial charge on any atom is 0.213 e. The largest absolute Gasteiger partial charge is 0.474 e. The molecule has 3 heterocycles. The van der Waals surface area contributed by atoms with Crippen molar-refractivity contribution in [3.63, 3.8) is 0 Å². The summed E-state index contributed by atoms with van der Waals surface area (Å²) in [4.78, 5) is 4.33. The molecule has 3 rings (SSSR count). The molecular formula is C14H16N2O2. The van der Waals surface area contributed by atoms with Crippen LogP contribution in [0.2, 0.25) is 0 Å². The van der Waals surface area contributed by atoms with Crippen molar-refractivity contribution in [1.29, 1.82) is 0 Å². The van der Waals surface area contributed by atoms with Crippen LogP contribution >= 0.6 is 0 Å². The molecule has 1 N–H and O–H groups in total. The van der Waals surface area contributed by atoms with E-state index in [1.54, 1.807) is 12.5 Å². The highest BCUT2D eigenvalue weighted by atomic mass is 16.5. The number of hydrogen-bond acceptors (Lipinski definition) is 4. The summed E-state index contributed by atoms with van der Waals surface area (Å²) >= 11 is 0. The van der Waals surface area contributed by atoms with Gasteiger partial charge in [-0.2, -0.15) is 0 Å². The van der Waals surface area contributed by atoms with Gasteiger partial charge in [0.15, 0.2) is 0 Å². The van der Waals surface area contributed by atoms with E-state index in [1.165, 1.54) is 0 Å². The number of nitrogens with one attached hydrogen (secondary N) is 1. The van der Waals surface area contributed by atoms with Gasteiger partial charge in [0, 0.05) is 17.8 Å². The summed E-state index contributed by atoms with van der Waals surface area (Å²) in [5.41, 5.74) is 0.970. The number of furan rings is 1. The first-order valence-electron chi connectivity index (χ1n) is 6.29. The van der Waals surface area contributed by atoms with Gasteiger partial charge in [-0.15, -0.1) is 0 Å². The highest BCUT2D eigenvalue weighted by molar-refractivity contribution is 5.55. The highest BCUT2D eigenvalue weighted by Crippen LogP contribution is 2.21. The molecule has 0 aliphatic carbocycles. The van der Waals surface area contributed by atoms with Gasteiger partial charge < -0.3 is 14.5 Å². The molecule has 2 aromatic rings. The molecule has 0 spiro atoms. The SMILES string of the molecule is c1coc(-c2ccc(OC3CCNCC3)nc2)c1. The second-order valence-corrected chi connectivity index (χ2v) is 4.43. The summed E-state index contributed by atoms with van der Waals surface area (Å²) in [6, 6.07) is 7.67. The monoisotopic (exact) mass is 244 g/mol. The van der Waals surface area contributed by atoms with Crippen LogP contribution in [0.15, 0.2) is 41.1 Å². The number of hydrogen-bond donors (Lipinski definition) is 1. The number of piperidine rings is 1. The Hall–Kier alpha value is -1.81. The van der Waals surface area contributed by atoms with E-state index in [-0.39, 0.29) is 6.10 Å². The summed E-state index contributed by atoms with van der Waals surface area (Å²) in [6.07, 6.45) is 5.82. The van der Waals surface area contributed by atoms with Gasteiger partial charge in [0.25, 0.3) is 0 Å². The summed E-state index contributed by atoms with van der Waals surface area (Å²) in [7, 11) is 0. The molecule has 0 aromatic carbocycles.